The maximum Gasteiger partial charge on any atom is 0.331 e. The normalized spacial score (nSPS) is 18.8. The van der Waals surface area contributed by atoms with Gasteiger partial charge in [-0.1, -0.05) is 20.8 Å². The minimum Gasteiger partial charge on any atom is -0.479 e. The van der Waals surface area contributed by atoms with Crippen LogP contribution in [0.4, 0.5) is 0 Å². The van der Waals surface area contributed by atoms with Crippen LogP contribution in [0, 0.1) is 0 Å². The molecule has 0 unspecified atom stereocenters. The summed E-state index contributed by atoms with van der Waals surface area (Å²) in [7, 11) is 0. The number of tetrazole rings is 1. The fraction of sp³-hybridized carbons (Fsp3) is 0.818. The molecule has 1 saturated carbocycles. The number of nitrogens with zero attached hydrogens (tertiary/aromatic N) is 4. The van der Waals surface area contributed by atoms with E-state index in [0.717, 1.165) is 12.8 Å². The minimum absolute atomic E-state index is 0.207. The molecule has 0 radical (unpaired) electrons. The topological polar surface area (TPSA) is 80.9 Å². The number of carboxylic acid groups (broad SMARTS) is 1. The Bertz CT molecular complexity index is 434. The summed E-state index contributed by atoms with van der Waals surface area (Å²) >= 11 is 0. The highest BCUT2D eigenvalue weighted by Gasteiger charge is 2.50. The summed E-state index contributed by atoms with van der Waals surface area (Å²) in [6, 6.07) is 0. The second kappa shape index (κ2) is 3.78. The largest absolute Gasteiger partial charge is 0.479 e. The zero-order valence-corrected chi connectivity index (χ0v) is 10.5. The van der Waals surface area contributed by atoms with Crippen molar-refractivity contribution in [1.29, 1.82) is 0 Å². The lowest BCUT2D eigenvalue weighted by Gasteiger charge is -2.39. The van der Waals surface area contributed by atoms with Crippen molar-refractivity contribution in [1.82, 2.24) is 20.2 Å². The van der Waals surface area contributed by atoms with Crippen LogP contribution in [-0.4, -0.2) is 31.3 Å². The lowest BCUT2D eigenvalue weighted by Crippen LogP contribution is -2.50. The molecule has 0 saturated heterocycles. The smallest absolute Gasteiger partial charge is 0.331 e. The van der Waals surface area contributed by atoms with Gasteiger partial charge < -0.3 is 5.11 Å². The fourth-order valence-electron chi connectivity index (χ4n) is 2.08. The van der Waals surface area contributed by atoms with Crippen LogP contribution in [-0.2, 0) is 15.7 Å². The summed E-state index contributed by atoms with van der Waals surface area (Å²) in [5.41, 5.74) is -1.12. The summed E-state index contributed by atoms with van der Waals surface area (Å²) in [4.78, 5) is 11.5. The minimum atomic E-state index is -0.911. The zero-order chi connectivity index (χ0) is 12.7. The molecule has 6 nitrogen and oxygen atoms in total. The van der Waals surface area contributed by atoms with Crippen molar-refractivity contribution in [3.8, 4) is 0 Å². The van der Waals surface area contributed by atoms with Gasteiger partial charge in [-0.05, 0) is 36.1 Å². The first-order chi connectivity index (χ1) is 7.94. The number of aromatic nitrogens is 4. The Morgan fingerprint density at radius 1 is 1.53 bits per heavy atom. The average Bonchev–Trinajstić information content (AvgIpc) is 2.65. The molecule has 94 valence electrons. The number of hydrogen-bond donors (Lipinski definition) is 1. The van der Waals surface area contributed by atoms with Gasteiger partial charge in [-0.3, -0.25) is 0 Å². The average molecular weight is 238 g/mol. The van der Waals surface area contributed by atoms with Crippen molar-refractivity contribution in [3.05, 3.63) is 5.82 Å². The highest BCUT2D eigenvalue weighted by Crippen LogP contribution is 2.41. The van der Waals surface area contributed by atoms with Crippen molar-refractivity contribution in [2.75, 3.05) is 0 Å². The molecule has 0 spiro atoms. The molecule has 6 heteroatoms. The molecule has 17 heavy (non-hydrogen) atoms. The Labute approximate surface area is 100 Å². The second-order valence-corrected chi connectivity index (χ2v) is 5.34. The molecule has 0 bridgehead atoms. The molecule has 2 rings (SSSR count). The van der Waals surface area contributed by atoms with Crippen LogP contribution < -0.4 is 0 Å². The molecule has 1 aromatic rings. The number of rotatable bonds is 4. The Hall–Kier alpha value is -1.46. The van der Waals surface area contributed by atoms with Crippen LogP contribution >= 0.6 is 0 Å². The van der Waals surface area contributed by atoms with Gasteiger partial charge in [-0.2, -0.15) is 0 Å². The summed E-state index contributed by atoms with van der Waals surface area (Å²) in [6.45, 7) is 6.11. The van der Waals surface area contributed by atoms with Crippen LogP contribution in [0.15, 0.2) is 0 Å². The SMILES string of the molecule is CCC(C)(C)c1nnnn1C1(C(=O)O)CCC1. The number of carbonyl (C=O) groups is 1. The van der Waals surface area contributed by atoms with Crippen molar-refractivity contribution in [3.63, 3.8) is 0 Å². The highest BCUT2D eigenvalue weighted by molar-refractivity contribution is 5.77. The monoisotopic (exact) mass is 238 g/mol. The molecule has 0 aromatic carbocycles. The van der Waals surface area contributed by atoms with E-state index in [1.807, 2.05) is 20.8 Å². The van der Waals surface area contributed by atoms with Crippen LogP contribution in [0.1, 0.15) is 52.3 Å². The Kier molecular flexibility index (Phi) is 2.67. The third-order valence-corrected chi connectivity index (χ3v) is 3.94. The lowest BCUT2D eigenvalue weighted by molar-refractivity contribution is -0.153. The summed E-state index contributed by atoms with van der Waals surface area (Å²) in [5, 5.41) is 21.0. The van der Waals surface area contributed by atoms with E-state index in [1.54, 1.807) is 0 Å². The molecule has 1 N–H and O–H groups in total. The summed E-state index contributed by atoms with van der Waals surface area (Å²) < 4.78 is 1.53. The molecule has 1 heterocycles. The maximum atomic E-state index is 11.5. The number of aliphatic carboxylic acids is 1. The van der Waals surface area contributed by atoms with E-state index < -0.39 is 11.5 Å². The van der Waals surface area contributed by atoms with Crippen LogP contribution in [0.5, 0.6) is 0 Å². The van der Waals surface area contributed by atoms with E-state index >= 15 is 0 Å². The van der Waals surface area contributed by atoms with Gasteiger partial charge in [-0.15, -0.1) is 5.10 Å². The van der Waals surface area contributed by atoms with Gasteiger partial charge in [-0.25, -0.2) is 9.48 Å². The van der Waals surface area contributed by atoms with Gasteiger partial charge in [0.25, 0.3) is 0 Å². The number of carboxylic acids is 1. The van der Waals surface area contributed by atoms with Gasteiger partial charge in [0.05, 0.1) is 0 Å². The van der Waals surface area contributed by atoms with Crippen molar-refractivity contribution < 1.29 is 9.90 Å². The molecule has 0 atom stereocenters. The predicted molar refractivity (Wildman–Crippen MR) is 60.6 cm³/mol. The maximum absolute atomic E-state index is 11.5. The highest BCUT2D eigenvalue weighted by atomic mass is 16.4. The van der Waals surface area contributed by atoms with Crippen molar-refractivity contribution in [2.24, 2.45) is 0 Å². The molecular weight excluding hydrogens is 220 g/mol. The van der Waals surface area contributed by atoms with Gasteiger partial charge in [0, 0.05) is 5.41 Å². The van der Waals surface area contributed by atoms with E-state index in [1.165, 1.54) is 4.68 Å². The lowest BCUT2D eigenvalue weighted by atomic mass is 9.76. The molecule has 1 aliphatic carbocycles. The molecule has 1 aromatic heterocycles. The van der Waals surface area contributed by atoms with Crippen molar-refractivity contribution in [2.45, 2.75) is 57.4 Å². The molecule has 0 amide bonds. The van der Waals surface area contributed by atoms with Crippen molar-refractivity contribution >= 4 is 5.97 Å². The number of hydrogen-bond acceptors (Lipinski definition) is 4. The van der Waals surface area contributed by atoms with Gasteiger partial charge in [0.1, 0.15) is 0 Å². The van der Waals surface area contributed by atoms with E-state index in [9.17, 15) is 9.90 Å². The van der Waals surface area contributed by atoms with E-state index in [-0.39, 0.29) is 5.41 Å². The Morgan fingerprint density at radius 2 is 2.18 bits per heavy atom. The quantitative estimate of drug-likeness (QED) is 0.855. The third kappa shape index (κ3) is 1.62. The first-order valence-electron chi connectivity index (χ1n) is 5.97. The molecule has 1 aliphatic rings. The molecule has 0 aliphatic heterocycles. The van der Waals surface area contributed by atoms with Crippen LogP contribution in [0.3, 0.4) is 0 Å². The Morgan fingerprint density at radius 3 is 2.59 bits per heavy atom. The van der Waals surface area contributed by atoms with Gasteiger partial charge in [0.2, 0.25) is 0 Å². The Balaban J connectivity index is 2.47. The van der Waals surface area contributed by atoms with E-state index in [4.69, 9.17) is 0 Å². The van der Waals surface area contributed by atoms with Gasteiger partial charge in [0.15, 0.2) is 11.4 Å². The first kappa shape index (κ1) is 12.0. The molecular formula is C11H18N4O2. The van der Waals surface area contributed by atoms with E-state index in [0.29, 0.717) is 18.7 Å². The van der Waals surface area contributed by atoms with Crippen LogP contribution in [0.25, 0.3) is 0 Å². The first-order valence-corrected chi connectivity index (χ1v) is 5.97. The standard InChI is InChI=1S/C11H18N4O2/c1-4-10(2,3)8-12-13-14-15(8)11(9(16)17)6-5-7-11/h4-7H2,1-3H3,(H,16,17). The van der Waals surface area contributed by atoms with Gasteiger partial charge >= 0.3 is 5.97 Å². The predicted octanol–water partition coefficient (Wildman–Crippen LogP) is 1.32. The summed E-state index contributed by atoms with van der Waals surface area (Å²) in [5.74, 6) is -0.161. The van der Waals surface area contributed by atoms with E-state index in [2.05, 4.69) is 15.5 Å². The summed E-state index contributed by atoms with van der Waals surface area (Å²) in [6.07, 6.45) is 3.00. The molecule has 1 fully saturated rings. The second-order valence-electron chi connectivity index (χ2n) is 5.34. The fourth-order valence-corrected chi connectivity index (χ4v) is 2.08. The zero-order valence-electron chi connectivity index (χ0n) is 10.5. The van der Waals surface area contributed by atoms with Crippen LogP contribution in [0.2, 0.25) is 0 Å². The third-order valence-electron chi connectivity index (χ3n) is 3.94.